The second-order valence-corrected chi connectivity index (χ2v) is 4.49. The number of hydrogen-bond acceptors (Lipinski definition) is 4. The van der Waals surface area contributed by atoms with Crippen molar-refractivity contribution in [1.29, 1.82) is 0 Å². The van der Waals surface area contributed by atoms with E-state index in [-0.39, 0.29) is 11.3 Å². The van der Waals surface area contributed by atoms with Crippen LogP contribution in [-0.2, 0) is 0 Å². The zero-order valence-corrected chi connectivity index (χ0v) is 11.8. The van der Waals surface area contributed by atoms with Crippen LogP contribution in [0.3, 0.4) is 0 Å². The number of aryl methyl sites for hydroxylation is 1. The summed E-state index contributed by atoms with van der Waals surface area (Å²) < 4.78 is 4.96. The molecule has 21 heavy (non-hydrogen) atoms. The van der Waals surface area contributed by atoms with Crippen molar-refractivity contribution in [1.82, 2.24) is 5.43 Å². The van der Waals surface area contributed by atoms with Crippen molar-refractivity contribution in [3.8, 4) is 11.5 Å². The number of ether oxygens (including phenoxy) is 1. The van der Waals surface area contributed by atoms with E-state index >= 15 is 0 Å². The number of phenolic OH excluding ortho intramolecular Hbond substituents is 1. The van der Waals surface area contributed by atoms with E-state index in [4.69, 9.17) is 4.74 Å². The quantitative estimate of drug-likeness (QED) is 0.669. The highest BCUT2D eigenvalue weighted by Crippen LogP contribution is 2.23. The number of aromatic hydroxyl groups is 1. The van der Waals surface area contributed by atoms with Crippen LogP contribution in [0.25, 0.3) is 0 Å². The summed E-state index contributed by atoms with van der Waals surface area (Å²) >= 11 is 0. The summed E-state index contributed by atoms with van der Waals surface area (Å²) in [6, 6.07) is 12.2. The lowest BCUT2D eigenvalue weighted by atomic mass is 10.2. The summed E-state index contributed by atoms with van der Waals surface area (Å²) in [4.78, 5) is 11.9. The van der Waals surface area contributed by atoms with Gasteiger partial charge in [-0.25, -0.2) is 5.43 Å². The zero-order chi connectivity index (χ0) is 15.2. The number of carbonyl (C=O) groups excluding carboxylic acids is 1. The Morgan fingerprint density at radius 3 is 2.57 bits per heavy atom. The van der Waals surface area contributed by atoms with E-state index in [1.54, 1.807) is 6.07 Å². The van der Waals surface area contributed by atoms with E-state index < -0.39 is 5.91 Å². The normalized spacial score (nSPS) is 10.6. The largest absolute Gasteiger partial charge is 0.507 e. The second kappa shape index (κ2) is 6.56. The van der Waals surface area contributed by atoms with Gasteiger partial charge in [-0.05, 0) is 24.6 Å². The van der Waals surface area contributed by atoms with Gasteiger partial charge in [0.15, 0.2) is 0 Å². The third-order valence-electron chi connectivity index (χ3n) is 2.91. The molecule has 5 heteroatoms. The molecule has 0 saturated carbocycles. The van der Waals surface area contributed by atoms with Gasteiger partial charge in [0, 0.05) is 6.07 Å². The van der Waals surface area contributed by atoms with Gasteiger partial charge in [0.25, 0.3) is 5.91 Å². The SMILES string of the molecule is COc1ccc(C(=O)N/N=C\c2ccc(C)cc2)c(O)c1. The average Bonchev–Trinajstić information content (AvgIpc) is 2.49. The first kappa shape index (κ1) is 14.6. The number of methoxy groups -OCH3 is 1. The number of carbonyl (C=O) groups is 1. The molecule has 2 rings (SSSR count). The number of nitrogens with one attached hydrogen (secondary N) is 1. The van der Waals surface area contributed by atoms with Gasteiger partial charge in [-0.2, -0.15) is 5.10 Å². The van der Waals surface area contributed by atoms with Gasteiger partial charge in [-0.15, -0.1) is 0 Å². The maximum atomic E-state index is 11.9. The minimum Gasteiger partial charge on any atom is -0.507 e. The minimum atomic E-state index is -0.487. The number of amides is 1. The number of hydrogen-bond donors (Lipinski definition) is 2. The Kier molecular flexibility index (Phi) is 4.56. The highest BCUT2D eigenvalue weighted by molar-refractivity contribution is 5.97. The number of rotatable bonds is 4. The first-order valence-electron chi connectivity index (χ1n) is 6.37. The molecule has 0 aliphatic heterocycles. The van der Waals surface area contributed by atoms with Gasteiger partial charge in [-0.1, -0.05) is 29.8 Å². The molecular weight excluding hydrogens is 268 g/mol. The number of benzene rings is 2. The third-order valence-corrected chi connectivity index (χ3v) is 2.91. The van der Waals surface area contributed by atoms with Crippen LogP contribution in [0.4, 0.5) is 0 Å². The summed E-state index contributed by atoms with van der Waals surface area (Å²) in [5.74, 6) is -0.164. The Balaban J connectivity index is 2.03. The topological polar surface area (TPSA) is 70.9 Å². The molecule has 0 saturated heterocycles. The van der Waals surface area contributed by atoms with E-state index in [0.29, 0.717) is 5.75 Å². The summed E-state index contributed by atoms with van der Waals surface area (Å²) in [6.45, 7) is 2.00. The fraction of sp³-hybridized carbons (Fsp3) is 0.125. The first-order chi connectivity index (χ1) is 10.1. The molecule has 2 N–H and O–H groups in total. The van der Waals surface area contributed by atoms with Crippen LogP contribution >= 0.6 is 0 Å². The lowest BCUT2D eigenvalue weighted by Gasteiger charge is -2.05. The van der Waals surface area contributed by atoms with Gasteiger partial charge in [-0.3, -0.25) is 4.79 Å². The Hall–Kier alpha value is -2.82. The molecule has 0 aliphatic rings. The van der Waals surface area contributed by atoms with Crippen molar-refractivity contribution in [2.24, 2.45) is 5.10 Å². The Morgan fingerprint density at radius 1 is 1.24 bits per heavy atom. The maximum Gasteiger partial charge on any atom is 0.275 e. The highest BCUT2D eigenvalue weighted by atomic mass is 16.5. The highest BCUT2D eigenvalue weighted by Gasteiger charge is 2.10. The Labute approximate surface area is 122 Å². The molecule has 0 radical (unpaired) electrons. The molecule has 2 aromatic rings. The standard InChI is InChI=1S/C16H16N2O3/c1-11-3-5-12(6-4-11)10-17-18-16(20)14-8-7-13(21-2)9-15(14)19/h3-10,19H,1-2H3,(H,18,20)/b17-10-. The van der Waals surface area contributed by atoms with Crippen molar-refractivity contribution >= 4 is 12.1 Å². The monoisotopic (exact) mass is 284 g/mol. The lowest BCUT2D eigenvalue weighted by Crippen LogP contribution is -2.17. The summed E-state index contributed by atoms with van der Waals surface area (Å²) in [6.07, 6.45) is 1.54. The number of hydrazone groups is 1. The summed E-state index contributed by atoms with van der Waals surface area (Å²) in [7, 11) is 1.49. The molecule has 0 atom stereocenters. The molecule has 0 aliphatic carbocycles. The molecular formula is C16H16N2O3. The molecule has 0 unspecified atom stereocenters. The molecule has 2 aromatic carbocycles. The van der Waals surface area contributed by atoms with Crippen LogP contribution in [0.15, 0.2) is 47.6 Å². The maximum absolute atomic E-state index is 11.9. The molecule has 108 valence electrons. The number of nitrogens with zero attached hydrogens (tertiary/aromatic N) is 1. The predicted molar refractivity (Wildman–Crippen MR) is 80.9 cm³/mol. The van der Waals surface area contributed by atoms with E-state index in [9.17, 15) is 9.90 Å². The molecule has 0 fully saturated rings. The van der Waals surface area contributed by atoms with Crippen LogP contribution in [0.1, 0.15) is 21.5 Å². The van der Waals surface area contributed by atoms with E-state index in [1.807, 2.05) is 31.2 Å². The van der Waals surface area contributed by atoms with Crippen molar-refractivity contribution in [2.45, 2.75) is 6.92 Å². The summed E-state index contributed by atoms with van der Waals surface area (Å²) in [5.41, 5.74) is 4.53. The van der Waals surface area contributed by atoms with E-state index in [1.165, 1.54) is 25.5 Å². The van der Waals surface area contributed by atoms with Gasteiger partial charge in [0.2, 0.25) is 0 Å². The summed E-state index contributed by atoms with van der Waals surface area (Å²) in [5, 5.41) is 13.6. The smallest absolute Gasteiger partial charge is 0.275 e. The average molecular weight is 284 g/mol. The van der Waals surface area contributed by atoms with Gasteiger partial charge in [0.1, 0.15) is 11.5 Å². The Bertz CT molecular complexity index is 664. The van der Waals surface area contributed by atoms with Crippen LogP contribution in [0, 0.1) is 6.92 Å². The van der Waals surface area contributed by atoms with Crippen LogP contribution < -0.4 is 10.2 Å². The molecule has 0 heterocycles. The number of phenols is 1. The zero-order valence-electron chi connectivity index (χ0n) is 11.8. The first-order valence-corrected chi connectivity index (χ1v) is 6.37. The predicted octanol–water partition coefficient (Wildman–Crippen LogP) is 2.47. The minimum absolute atomic E-state index is 0.136. The van der Waals surface area contributed by atoms with Gasteiger partial charge < -0.3 is 9.84 Å². The van der Waals surface area contributed by atoms with Crippen molar-refractivity contribution in [3.05, 3.63) is 59.2 Å². The van der Waals surface area contributed by atoms with Crippen LogP contribution in [0.5, 0.6) is 11.5 Å². The third kappa shape index (κ3) is 3.82. The molecule has 1 amide bonds. The fourth-order valence-corrected chi connectivity index (χ4v) is 1.71. The second-order valence-electron chi connectivity index (χ2n) is 4.49. The Morgan fingerprint density at radius 2 is 1.95 bits per heavy atom. The van der Waals surface area contributed by atoms with Crippen molar-refractivity contribution in [2.75, 3.05) is 7.11 Å². The van der Waals surface area contributed by atoms with Crippen molar-refractivity contribution in [3.63, 3.8) is 0 Å². The van der Waals surface area contributed by atoms with Gasteiger partial charge >= 0.3 is 0 Å². The lowest BCUT2D eigenvalue weighted by molar-refractivity contribution is 0.0952. The molecule has 0 spiro atoms. The molecule has 0 aromatic heterocycles. The van der Waals surface area contributed by atoms with Gasteiger partial charge in [0.05, 0.1) is 18.9 Å². The van der Waals surface area contributed by atoms with Crippen LogP contribution in [-0.4, -0.2) is 24.3 Å². The molecule has 0 bridgehead atoms. The fourth-order valence-electron chi connectivity index (χ4n) is 1.71. The molecule has 5 nitrogen and oxygen atoms in total. The van der Waals surface area contributed by atoms with E-state index in [0.717, 1.165) is 11.1 Å². The van der Waals surface area contributed by atoms with Crippen molar-refractivity contribution < 1.29 is 14.6 Å². The van der Waals surface area contributed by atoms with Crippen LogP contribution in [0.2, 0.25) is 0 Å². The van der Waals surface area contributed by atoms with E-state index in [2.05, 4.69) is 10.5 Å².